The van der Waals surface area contributed by atoms with Crippen LogP contribution in [0, 0.1) is 0 Å². The van der Waals surface area contributed by atoms with Crippen LogP contribution in [0.4, 0.5) is 17.1 Å². The molecular weight excluding hydrogens is 727 g/mol. The van der Waals surface area contributed by atoms with Crippen LogP contribution in [0.15, 0.2) is 241 Å². The molecule has 11 rings (SSSR count). The molecule has 0 aliphatic rings. The quantitative estimate of drug-likeness (QED) is 0.153. The maximum Gasteiger partial charge on any atom is 0.137 e. The third-order valence-electron chi connectivity index (χ3n) is 11.6. The molecule has 0 saturated carbocycles. The standard InChI is InChI=1S/C58H39NO/c1-3-13-40(14-4-1)47-36-48(41-15-5-2-6-16-41)38-49(37-47)43-27-31-51(32-28-43)59(52-33-34-56-55-22-9-10-24-57(55)60-58(56)39-52)50-29-25-42(26-30-50)45-19-11-20-46(35-45)54-23-12-18-44-17-7-8-21-53(44)54/h1-39H. The van der Waals surface area contributed by atoms with Gasteiger partial charge in [-0.05, 0) is 133 Å². The number of fused-ring (bicyclic) bond motifs is 4. The summed E-state index contributed by atoms with van der Waals surface area (Å²) in [7, 11) is 0. The van der Waals surface area contributed by atoms with Crippen LogP contribution in [-0.2, 0) is 0 Å². The zero-order valence-electron chi connectivity index (χ0n) is 32.9. The zero-order valence-corrected chi connectivity index (χ0v) is 32.9. The average Bonchev–Trinajstić information content (AvgIpc) is 3.70. The summed E-state index contributed by atoms with van der Waals surface area (Å²) in [5.74, 6) is 0. The van der Waals surface area contributed by atoms with Crippen molar-refractivity contribution in [2.75, 3.05) is 4.90 Å². The molecule has 0 aliphatic carbocycles. The summed E-state index contributed by atoms with van der Waals surface area (Å²) >= 11 is 0. The van der Waals surface area contributed by atoms with E-state index in [0.29, 0.717) is 0 Å². The Morgan fingerprint density at radius 2 is 0.700 bits per heavy atom. The fraction of sp³-hybridized carbons (Fsp3) is 0. The molecule has 0 amide bonds. The number of nitrogens with zero attached hydrogens (tertiary/aromatic N) is 1. The molecule has 0 fully saturated rings. The van der Waals surface area contributed by atoms with Gasteiger partial charge in [-0.25, -0.2) is 0 Å². The number of hydrogen-bond donors (Lipinski definition) is 0. The van der Waals surface area contributed by atoms with Gasteiger partial charge >= 0.3 is 0 Å². The van der Waals surface area contributed by atoms with Gasteiger partial charge in [-0.15, -0.1) is 0 Å². The number of furan rings is 1. The van der Waals surface area contributed by atoms with E-state index in [4.69, 9.17) is 4.42 Å². The van der Waals surface area contributed by atoms with Crippen LogP contribution < -0.4 is 4.90 Å². The molecule has 0 atom stereocenters. The predicted octanol–water partition coefficient (Wildman–Crippen LogP) is 16.5. The maximum atomic E-state index is 6.41. The smallest absolute Gasteiger partial charge is 0.137 e. The van der Waals surface area contributed by atoms with Gasteiger partial charge in [0, 0.05) is 33.9 Å². The summed E-state index contributed by atoms with van der Waals surface area (Å²) < 4.78 is 6.41. The molecule has 2 nitrogen and oxygen atoms in total. The largest absolute Gasteiger partial charge is 0.456 e. The number of para-hydroxylation sites is 1. The third kappa shape index (κ3) is 6.61. The first kappa shape index (κ1) is 35.2. The van der Waals surface area contributed by atoms with Crippen molar-refractivity contribution in [3.63, 3.8) is 0 Å². The van der Waals surface area contributed by atoms with Crippen LogP contribution in [-0.4, -0.2) is 0 Å². The Hall–Kier alpha value is -7.94. The summed E-state index contributed by atoms with van der Waals surface area (Å²) in [5.41, 5.74) is 16.8. The third-order valence-corrected chi connectivity index (χ3v) is 11.6. The Kier molecular flexibility index (Phi) is 8.87. The van der Waals surface area contributed by atoms with Crippen molar-refractivity contribution >= 4 is 49.8 Å². The Morgan fingerprint density at radius 3 is 1.37 bits per heavy atom. The molecule has 282 valence electrons. The van der Waals surface area contributed by atoms with Crippen LogP contribution in [0.5, 0.6) is 0 Å². The van der Waals surface area contributed by atoms with E-state index in [-0.39, 0.29) is 0 Å². The van der Waals surface area contributed by atoms with Crippen molar-refractivity contribution in [3.8, 4) is 55.6 Å². The molecule has 0 unspecified atom stereocenters. The van der Waals surface area contributed by atoms with E-state index in [1.165, 1.54) is 55.3 Å². The second-order valence-corrected chi connectivity index (χ2v) is 15.3. The van der Waals surface area contributed by atoms with Crippen molar-refractivity contribution in [2.24, 2.45) is 0 Å². The van der Waals surface area contributed by atoms with E-state index >= 15 is 0 Å². The van der Waals surface area contributed by atoms with Crippen LogP contribution in [0.2, 0.25) is 0 Å². The van der Waals surface area contributed by atoms with Crippen molar-refractivity contribution in [2.45, 2.75) is 0 Å². The van der Waals surface area contributed by atoms with E-state index in [1.807, 2.05) is 12.1 Å². The summed E-state index contributed by atoms with van der Waals surface area (Å²) in [6, 6.07) is 84.9. The maximum absolute atomic E-state index is 6.41. The number of hydrogen-bond acceptors (Lipinski definition) is 2. The molecule has 0 radical (unpaired) electrons. The van der Waals surface area contributed by atoms with Crippen molar-refractivity contribution in [1.82, 2.24) is 0 Å². The summed E-state index contributed by atoms with van der Waals surface area (Å²) in [4.78, 5) is 2.32. The first-order chi connectivity index (χ1) is 29.7. The molecule has 1 heterocycles. The molecule has 0 bridgehead atoms. The normalized spacial score (nSPS) is 11.3. The molecule has 11 aromatic rings. The van der Waals surface area contributed by atoms with Gasteiger partial charge in [0.2, 0.25) is 0 Å². The monoisotopic (exact) mass is 765 g/mol. The topological polar surface area (TPSA) is 16.4 Å². The molecule has 60 heavy (non-hydrogen) atoms. The van der Waals surface area contributed by atoms with Gasteiger partial charge in [0.05, 0.1) is 0 Å². The molecule has 1 aromatic heterocycles. The van der Waals surface area contributed by atoms with Gasteiger partial charge < -0.3 is 9.32 Å². The highest BCUT2D eigenvalue weighted by Crippen LogP contribution is 2.41. The van der Waals surface area contributed by atoms with E-state index in [0.717, 1.165) is 50.1 Å². The zero-order chi connectivity index (χ0) is 39.8. The Bertz CT molecular complexity index is 3230. The summed E-state index contributed by atoms with van der Waals surface area (Å²) in [5, 5.41) is 4.74. The van der Waals surface area contributed by atoms with Crippen LogP contribution in [0.1, 0.15) is 0 Å². The van der Waals surface area contributed by atoms with Crippen molar-refractivity contribution in [1.29, 1.82) is 0 Å². The lowest BCUT2D eigenvalue weighted by Crippen LogP contribution is -2.09. The van der Waals surface area contributed by atoms with Crippen molar-refractivity contribution in [3.05, 3.63) is 237 Å². The fourth-order valence-electron chi connectivity index (χ4n) is 8.64. The minimum absolute atomic E-state index is 0.864. The lowest BCUT2D eigenvalue weighted by atomic mass is 9.93. The predicted molar refractivity (Wildman–Crippen MR) is 253 cm³/mol. The second-order valence-electron chi connectivity index (χ2n) is 15.3. The van der Waals surface area contributed by atoms with E-state index < -0.39 is 0 Å². The minimum atomic E-state index is 0.864. The van der Waals surface area contributed by atoms with Gasteiger partial charge in [-0.1, -0.05) is 164 Å². The van der Waals surface area contributed by atoms with Gasteiger partial charge in [0.15, 0.2) is 0 Å². The molecule has 0 N–H and O–H groups in total. The van der Waals surface area contributed by atoms with E-state index in [1.54, 1.807) is 0 Å². The Morgan fingerprint density at radius 1 is 0.250 bits per heavy atom. The van der Waals surface area contributed by atoms with Crippen LogP contribution in [0.25, 0.3) is 88.3 Å². The molecule has 2 heteroatoms. The van der Waals surface area contributed by atoms with Crippen LogP contribution >= 0.6 is 0 Å². The SMILES string of the molecule is c1ccc(-c2cc(-c3ccccc3)cc(-c3ccc(N(c4ccc(-c5cccc(-c6cccc7ccccc67)c5)cc4)c4ccc5c(c4)oc4ccccc45)cc3)c2)cc1. The molecule has 0 saturated heterocycles. The summed E-state index contributed by atoms with van der Waals surface area (Å²) in [6.07, 6.45) is 0. The Labute approximate surface area is 349 Å². The van der Waals surface area contributed by atoms with Gasteiger partial charge in [0.1, 0.15) is 11.2 Å². The highest BCUT2D eigenvalue weighted by atomic mass is 16.3. The van der Waals surface area contributed by atoms with Gasteiger partial charge in [0.25, 0.3) is 0 Å². The van der Waals surface area contributed by atoms with E-state index in [2.05, 4.69) is 229 Å². The van der Waals surface area contributed by atoms with Crippen LogP contribution in [0.3, 0.4) is 0 Å². The Balaban J connectivity index is 0.989. The molecule has 0 spiro atoms. The first-order valence-electron chi connectivity index (χ1n) is 20.5. The number of rotatable bonds is 8. The molecular formula is C58H39NO. The fourth-order valence-corrected chi connectivity index (χ4v) is 8.64. The second kappa shape index (κ2) is 15.1. The molecule has 0 aliphatic heterocycles. The van der Waals surface area contributed by atoms with Gasteiger partial charge in [-0.3, -0.25) is 0 Å². The lowest BCUT2D eigenvalue weighted by Gasteiger charge is -2.26. The first-order valence-corrected chi connectivity index (χ1v) is 20.5. The summed E-state index contributed by atoms with van der Waals surface area (Å²) in [6.45, 7) is 0. The minimum Gasteiger partial charge on any atom is -0.456 e. The van der Waals surface area contributed by atoms with Crippen molar-refractivity contribution < 1.29 is 4.42 Å². The highest BCUT2D eigenvalue weighted by molar-refractivity contribution is 6.06. The van der Waals surface area contributed by atoms with Gasteiger partial charge in [-0.2, -0.15) is 0 Å². The highest BCUT2D eigenvalue weighted by Gasteiger charge is 2.17. The van der Waals surface area contributed by atoms with E-state index in [9.17, 15) is 0 Å². The average molecular weight is 766 g/mol. The lowest BCUT2D eigenvalue weighted by molar-refractivity contribution is 0.669. The number of benzene rings is 10. The molecule has 10 aromatic carbocycles. The number of anilines is 3.